The lowest BCUT2D eigenvalue weighted by atomic mass is 10.3. The van der Waals surface area contributed by atoms with Crippen molar-refractivity contribution in [2.24, 2.45) is 0 Å². The highest BCUT2D eigenvalue weighted by Crippen LogP contribution is 1.97. The molecular formula is C9H20N2O3. The van der Waals surface area contributed by atoms with Crippen LogP contribution >= 0.6 is 0 Å². The molecule has 0 aromatic carbocycles. The Bertz CT molecular complexity index is 169. The van der Waals surface area contributed by atoms with E-state index in [1.165, 1.54) is 14.2 Å². The van der Waals surface area contributed by atoms with Gasteiger partial charge < -0.3 is 20.1 Å². The molecular weight excluding hydrogens is 184 g/mol. The fourth-order valence-corrected chi connectivity index (χ4v) is 1.08. The van der Waals surface area contributed by atoms with E-state index in [4.69, 9.17) is 9.47 Å². The number of ether oxygens (including phenoxy) is 2. The zero-order valence-corrected chi connectivity index (χ0v) is 9.46. The van der Waals surface area contributed by atoms with Crippen LogP contribution in [0.25, 0.3) is 0 Å². The van der Waals surface area contributed by atoms with Crippen molar-refractivity contribution >= 4 is 6.03 Å². The minimum Gasteiger partial charge on any atom is -0.354 e. The maximum absolute atomic E-state index is 11.3. The van der Waals surface area contributed by atoms with E-state index >= 15 is 0 Å². The zero-order chi connectivity index (χ0) is 11.1. The van der Waals surface area contributed by atoms with Gasteiger partial charge in [-0.15, -0.1) is 0 Å². The highest BCUT2D eigenvalue weighted by Gasteiger charge is 2.17. The van der Waals surface area contributed by atoms with E-state index < -0.39 is 6.29 Å². The molecule has 0 aliphatic rings. The second kappa shape index (κ2) is 6.62. The van der Waals surface area contributed by atoms with E-state index in [-0.39, 0.29) is 18.1 Å². The molecule has 0 radical (unpaired) electrons. The van der Waals surface area contributed by atoms with Crippen molar-refractivity contribution < 1.29 is 14.3 Å². The molecule has 0 saturated carbocycles. The third kappa shape index (κ3) is 5.04. The maximum atomic E-state index is 11.3. The third-order valence-electron chi connectivity index (χ3n) is 1.65. The Labute approximate surface area is 85.1 Å². The molecule has 2 amide bonds. The first-order valence-corrected chi connectivity index (χ1v) is 4.63. The minimum atomic E-state index is -0.423. The van der Waals surface area contributed by atoms with Gasteiger partial charge in [0.05, 0.1) is 6.04 Å². The van der Waals surface area contributed by atoms with Crippen molar-refractivity contribution in [1.29, 1.82) is 0 Å². The van der Waals surface area contributed by atoms with Crippen molar-refractivity contribution in [1.82, 2.24) is 10.6 Å². The largest absolute Gasteiger partial charge is 0.354 e. The van der Waals surface area contributed by atoms with Crippen LogP contribution in [-0.2, 0) is 9.47 Å². The molecule has 14 heavy (non-hydrogen) atoms. The van der Waals surface area contributed by atoms with Gasteiger partial charge in [0.2, 0.25) is 0 Å². The summed E-state index contributed by atoms with van der Waals surface area (Å²) in [6, 6.07) is -0.291. The molecule has 1 unspecified atom stereocenters. The van der Waals surface area contributed by atoms with Crippen LogP contribution in [-0.4, -0.2) is 38.6 Å². The number of hydrogen-bond acceptors (Lipinski definition) is 3. The van der Waals surface area contributed by atoms with Crippen molar-refractivity contribution in [2.45, 2.75) is 39.1 Å². The van der Waals surface area contributed by atoms with Crippen molar-refractivity contribution in [3.63, 3.8) is 0 Å². The molecule has 2 N–H and O–H groups in total. The summed E-state index contributed by atoms with van der Waals surface area (Å²) in [6.45, 7) is 5.61. The number of amides is 2. The first-order valence-electron chi connectivity index (χ1n) is 4.63. The number of hydrogen-bond donors (Lipinski definition) is 2. The molecule has 0 saturated heterocycles. The van der Waals surface area contributed by atoms with Gasteiger partial charge in [-0.2, -0.15) is 0 Å². The minimum absolute atomic E-state index is 0.116. The van der Waals surface area contributed by atoms with Gasteiger partial charge in [-0.1, -0.05) is 0 Å². The average Bonchev–Trinajstić information content (AvgIpc) is 2.04. The molecule has 1 atom stereocenters. The number of rotatable bonds is 5. The number of carbonyl (C=O) groups excluding carboxylic acids is 1. The Morgan fingerprint density at radius 1 is 1.07 bits per heavy atom. The first-order chi connectivity index (χ1) is 6.51. The fourth-order valence-electron chi connectivity index (χ4n) is 1.08. The van der Waals surface area contributed by atoms with Gasteiger partial charge in [-0.05, 0) is 20.8 Å². The second-order valence-electron chi connectivity index (χ2n) is 3.40. The van der Waals surface area contributed by atoms with Crippen LogP contribution in [0.15, 0.2) is 0 Å². The summed E-state index contributed by atoms with van der Waals surface area (Å²) in [5, 5.41) is 5.43. The van der Waals surface area contributed by atoms with E-state index in [0.29, 0.717) is 0 Å². The number of methoxy groups -OCH3 is 2. The number of nitrogens with one attached hydrogen (secondary N) is 2. The highest BCUT2D eigenvalue weighted by molar-refractivity contribution is 5.74. The summed E-state index contributed by atoms with van der Waals surface area (Å²) in [7, 11) is 3.07. The monoisotopic (exact) mass is 204 g/mol. The lowest BCUT2D eigenvalue weighted by molar-refractivity contribution is -0.117. The molecule has 0 aliphatic heterocycles. The molecule has 0 aliphatic carbocycles. The van der Waals surface area contributed by atoms with Crippen molar-refractivity contribution in [3.8, 4) is 0 Å². The Morgan fingerprint density at radius 3 is 1.93 bits per heavy atom. The van der Waals surface area contributed by atoms with Gasteiger partial charge >= 0.3 is 6.03 Å². The first kappa shape index (κ1) is 13.2. The van der Waals surface area contributed by atoms with Crippen LogP contribution in [0, 0.1) is 0 Å². The standard InChI is InChI=1S/C9H20N2O3/c1-6(2)10-9(12)11-7(3)8(13-4)14-5/h6-8H,1-5H3,(H2,10,11,12). The van der Waals surface area contributed by atoms with Gasteiger partial charge in [0.1, 0.15) is 0 Å². The zero-order valence-electron chi connectivity index (χ0n) is 9.46. The lowest BCUT2D eigenvalue weighted by Gasteiger charge is -2.22. The quantitative estimate of drug-likeness (QED) is 0.648. The molecule has 0 bridgehead atoms. The molecule has 84 valence electrons. The van der Waals surface area contributed by atoms with Crippen LogP contribution in [0.3, 0.4) is 0 Å². The van der Waals surface area contributed by atoms with Gasteiger partial charge in [-0.25, -0.2) is 4.79 Å². The highest BCUT2D eigenvalue weighted by atomic mass is 16.7. The molecule has 0 aromatic heterocycles. The molecule has 0 fully saturated rings. The Balaban J connectivity index is 3.91. The lowest BCUT2D eigenvalue weighted by Crippen LogP contribution is -2.48. The fraction of sp³-hybridized carbons (Fsp3) is 0.889. The van der Waals surface area contributed by atoms with E-state index in [2.05, 4.69) is 10.6 Å². The summed E-state index contributed by atoms with van der Waals surface area (Å²) in [4.78, 5) is 11.3. The summed E-state index contributed by atoms with van der Waals surface area (Å²) in [5.74, 6) is 0. The second-order valence-corrected chi connectivity index (χ2v) is 3.40. The van der Waals surface area contributed by atoms with Gasteiger partial charge in [0, 0.05) is 20.3 Å². The average molecular weight is 204 g/mol. The molecule has 5 nitrogen and oxygen atoms in total. The predicted octanol–water partition coefficient (Wildman–Crippen LogP) is 0.701. The molecule has 5 heteroatoms. The molecule has 0 spiro atoms. The van der Waals surface area contributed by atoms with Crippen molar-refractivity contribution in [3.05, 3.63) is 0 Å². The molecule has 0 aromatic rings. The van der Waals surface area contributed by atoms with E-state index in [1.807, 2.05) is 20.8 Å². The molecule has 0 heterocycles. The third-order valence-corrected chi connectivity index (χ3v) is 1.65. The van der Waals surface area contributed by atoms with E-state index in [9.17, 15) is 4.79 Å². The van der Waals surface area contributed by atoms with E-state index in [0.717, 1.165) is 0 Å². The van der Waals surface area contributed by atoms with Crippen LogP contribution in [0.5, 0.6) is 0 Å². The summed E-state index contributed by atoms with van der Waals surface area (Å²) in [5.41, 5.74) is 0. The smallest absolute Gasteiger partial charge is 0.315 e. The van der Waals surface area contributed by atoms with Crippen LogP contribution < -0.4 is 10.6 Å². The number of urea groups is 1. The molecule has 0 rings (SSSR count). The number of carbonyl (C=O) groups is 1. The van der Waals surface area contributed by atoms with Crippen molar-refractivity contribution in [2.75, 3.05) is 14.2 Å². The summed E-state index contributed by atoms with van der Waals surface area (Å²) >= 11 is 0. The van der Waals surface area contributed by atoms with Gasteiger partial charge in [0.15, 0.2) is 6.29 Å². The Morgan fingerprint density at radius 2 is 1.57 bits per heavy atom. The summed E-state index contributed by atoms with van der Waals surface area (Å²) < 4.78 is 10.0. The Hall–Kier alpha value is -0.810. The van der Waals surface area contributed by atoms with Crippen LogP contribution in [0.2, 0.25) is 0 Å². The van der Waals surface area contributed by atoms with Gasteiger partial charge in [0.25, 0.3) is 0 Å². The van der Waals surface area contributed by atoms with Crippen LogP contribution in [0.1, 0.15) is 20.8 Å². The van der Waals surface area contributed by atoms with E-state index in [1.54, 1.807) is 0 Å². The predicted molar refractivity (Wildman–Crippen MR) is 54.1 cm³/mol. The van der Waals surface area contributed by atoms with Crippen LogP contribution in [0.4, 0.5) is 4.79 Å². The normalized spacial score (nSPS) is 13.1. The Kier molecular flexibility index (Phi) is 6.23. The topological polar surface area (TPSA) is 59.6 Å². The maximum Gasteiger partial charge on any atom is 0.315 e. The van der Waals surface area contributed by atoms with Gasteiger partial charge in [-0.3, -0.25) is 0 Å². The summed E-state index contributed by atoms with van der Waals surface area (Å²) in [6.07, 6.45) is -0.423. The SMILES string of the molecule is COC(OC)C(C)NC(=O)NC(C)C.